The minimum Gasteiger partial charge on any atom is -0.261 e. The van der Waals surface area contributed by atoms with Crippen LogP contribution < -0.4 is 0 Å². The van der Waals surface area contributed by atoms with E-state index in [-0.39, 0.29) is 10.6 Å². The van der Waals surface area contributed by atoms with Crippen LogP contribution in [0.25, 0.3) is 10.8 Å². The quantitative estimate of drug-likeness (QED) is 0.510. The number of nitrogens with zero attached hydrogens (tertiary/aromatic N) is 2. The van der Waals surface area contributed by atoms with Crippen molar-refractivity contribution < 1.29 is 4.92 Å². The lowest BCUT2D eigenvalue weighted by molar-refractivity contribution is -0.383. The summed E-state index contributed by atoms with van der Waals surface area (Å²) in [5, 5.41) is 12.2. The van der Waals surface area contributed by atoms with Gasteiger partial charge in [-0.25, -0.2) is 0 Å². The van der Waals surface area contributed by atoms with E-state index in [1.165, 1.54) is 6.07 Å². The average Bonchev–Trinajstić information content (AvgIpc) is 2.17. The van der Waals surface area contributed by atoms with Crippen LogP contribution in [0.4, 0.5) is 5.69 Å². The van der Waals surface area contributed by atoms with Gasteiger partial charge in [-0.2, -0.15) is 0 Å². The highest BCUT2D eigenvalue weighted by molar-refractivity contribution is 5.92. The summed E-state index contributed by atoms with van der Waals surface area (Å²) in [6.45, 7) is 1.77. The highest BCUT2D eigenvalue weighted by Crippen LogP contribution is 2.26. The Hall–Kier alpha value is -1.97. The lowest BCUT2D eigenvalue weighted by Gasteiger charge is -2.00. The molecule has 0 N–H and O–H groups in total. The predicted molar refractivity (Wildman–Crippen MR) is 53.1 cm³/mol. The summed E-state index contributed by atoms with van der Waals surface area (Å²) in [5.41, 5.74) is 0.808. The number of aryl methyl sites for hydroxylation is 1. The summed E-state index contributed by atoms with van der Waals surface area (Å²) in [6.07, 6.45) is 1.65. The first kappa shape index (κ1) is 8.62. The number of pyridine rings is 1. The summed E-state index contributed by atoms with van der Waals surface area (Å²) < 4.78 is 0. The van der Waals surface area contributed by atoms with Crippen LogP contribution in [0.1, 0.15) is 5.69 Å². The van der Waals surface area contributed by atoms with E-state index in [4.69, 9.17) is 0 Å². The second kappa shape index (κ2) is 3.06. The molecular weight excluding hydrogens is 180 g/mol. The molecule has 0 atom stereocenters. The average molecular weight is 188 g/mol. The van der Waals surface area contributed by atoms with Crippen LogP contribution in [-0.2, 0) is 0 Å². The van der Waals surface area contributed by atoms with Crippen LogP contribution in [0.2, 0.25) is 0 Å². The van der Waals surface area contributed by atoms with Gasteiger partial charge in [0.25, 0.3) is 5.69 Å². The molecule has 14 heavy (non-hydrogen) atoms. The SMILES string of the molecule is Cc1nccc2cccc([N+](=O)[O-])c12. The van der Waals surface area contributed by atoms with Gasteiger partial charge in [0, 0.05) is 12.3 Å². The molecule has 70 valence electrons. The van der Waals surface area contributed by atoms with E-state index in [2.05, 4.69) is 4.98 Å². The number of rotatable bonds is 1. The van der Waals surface area contributed by atoms with Gasteiger partial charge in [-0.3, -0.25) is 15.1 Å². The normalized spacial score (nSPS) is 10.4. The molecule has 0 saturated carbocycles. The molecule has 1 aromatic heterocycles. The highest BCUT2D eigenvalue weighted by Gasteiger charge is 2.12. The van der Waals surface area contributed by atoms with E-state index < -0.39 is 0 Å². The zero-order chi connectivity index (χ0) is 10.1. The van der Waals surface area contributed by atoms with Crippen LogP contribution in [0.3, 0.4) is 0 Å². The molecule has 0 aliphatic carbocycles. The van der Waals surface area contributed by atoms with Crippen LogP contribution in [-0.4, -0.2) is 9.91 Å². The van der Waals surface area contributed by atoms with Gasteiger partial charge in [0.1, 0.15) is 0 Å². The third kappa shape index (κ3) is 1.21. The van der Waals surface area contributed by atoms with Gasteiger partial charge in [0.15, 0.2) is 0 Å². The summed E-state index contributed by atoms with van der Waals surface area (Å²) in [6, 6.07) is 6.79. The summed E-state index contributed by atoms with van der Waals surface area (Å²) in [7, 11) is 0. The Kier molecular flexibility index (Phi) is 1.89. The summed E-state index contributed by atoms with van der Waals surface area (Å²) in [5.74, 6) is 0. The standard InChI is InChI=1S/C10H8N2O2/c1-7-10-8(5-6-11-7)3-2-4-9(10)12(13)14/h2-6H,1H3. The van der Waals surface area contributed by atoms with Crippen molar-refractivity contribution in [1.29, 1.82) is 0 Å². The predicted octanol–water partition coefficient (Wildman–Crippen LogP) is 2.45. The Balaban J connectivity index is 2.91. The summed E-state index contributed by atoms with van der Waals surface area (Å²) in [4.78, 5) is 14.4. The fourth-order valence-corrected chi connectivity index (χ4v) is 1.54. The second-order valence-electron chi connectivity index (χ2n) is 3.03. The molecule has 0 spiro atoms. The Morgan fingerprint density at radius 1 is 1.36 bits per heavy atom. The van der Waals surface area contributed by atoms with Gasteiger partial charge in [-0.05, 0) is 18.4 Å². The maximum atomic E-state index is 10.7. The Morgan fingerprint density at radius 3 is 2.86 bits per heavy atom. The molecule has 0 fully saturated rings. The molecule has 0 amide bonds. The molecule has 2 aromatic rings. The minimum absolute atomic E-state index is 0.119. The molecule has 1 aromatic carbocycles. The molecule has 0 aliphatic heterocycles. The smallest absolute Gasteiger partial charge is 0.261 e. The van der Waals surface area contributed by atoms with Gasteiger partial charge >= 0.3 is 0 Å². The van der Waals surface area contributed by atoms with Crippen molar-refractivity contribution in [3.63, 3.8) is 0 Å². The van der Waals surface area contributed by atoms with Gasteiger partial charge < -0.3 is 0 Å². The molecule has 1 heterocycles. The molecule has 0 aliphatic rings. The number of hydrogen-bond acceptors (Lipinski definition) is 3. The molecule has 0 saturated heterocycles. The molecule has 4 heteroatoms. The Morgan fingerprint density at radius 2 is 2.14 bits per heavy atom. The number of aromatic nitrogens is 1. The molecule has 0 bridgehead atoms. The van der Waals surface area contributed by atoms with Crippen LogP contribution in [0, 0.1) is 17.0 Å². The minimum atomic E-state index is -0.378. The first-order valence-corrected chi connectivity index (χ1v) is 4.19. The number of hydrogen-bond donors (Lipinski definition) is 0. The van der Waals surface area contributed by atoms with Crippen LogP contribution >= 0.6 is 0 Å². The van der Waals surface area contributed by atoms with Gasteiger partial charge in [-0.1, -0.05) is 12.1 Å². The van der Waals surface area contributed by atoms with Crippen molar-refractivity contribution in [1.82, 2.24) is 4.98 Å². The van der Waals surface area contributed by atoms with Gasteiger partial charge in [-0.15, -0.1) is 0 Å². The highest BCUT2D eigenvalue weighted by atomic mass is 16.6. The fourth-order valence-electron chi connectivity index (χ4n) is 1.54. The largest absolute Gasteiger partial charge is 0.279 e. The first-order chi connectivity index (χ1) is 6.70. The van der Waals surface area contributed by atoms with E-state index in [0.29, 0.717) is 11.1 Å². The fraction of sp³-hybridized carbons (Fsp3) is 0.100. The van der Waals surface area contributed by atoms with Crippen molar-refractivity contribution in [2.24, 2.45) is 0 Å². The molecule has 4 nitrogen and oxygen atoms in total. The van der Waals surface area contributed by atoms with E-state index >= 15 is 0 Å². The lowest BCUT2D eigenvalue weighted by atomic mass is 10.1. The van der Waals surface area contributed by atoms with Gasteiger partial charge in [0.2, 0.25) is 0 Å². The van der Waals surface area contributed by atoms with Crippen molar-refractivity contribution in [3.8, 4) is 0 Å². The Bertz CT molecular complexity index is 503. The first-order valence-electron chi connectivity index (χ1n) is 4.19. The van der Waals surface area contributed by atoms with E-state index in [1.807, 2.05) is 6.07 Å². The van der Waals surface area contributed by atoms with Crippen molar-refractivity contribution in [3.05, 3.63) is 46.3 Å². The molecular formula is C10H8N2O2. The molecule has 0 unspecified atom stereocenters. The zero-order valence-corrected chi connectivity index (χ0v) is 7.60. The molecule has 2 rings (SSSR count). The van der Waals surface area contributed by atoms with Crippen molar-refractivity contribution >= 4 is 16.5 Å². The topological polar surface area (TPSA) is 56.0 Å². The summed E-state index contributed by atoms with van der Waals surface area (Å²) >= 11 is 0. The van der Waals surface area contributed by atoms with E-state index in [1.54, 1.807) is 25.3 Å². The monoisotopic (exact) mass is 188 g/mol. The maximum Gasteiger partial charge on any atom is 0.279 e. The number of fused-ring (bicyclic) bond motifs is 1. The number of nitro groups is 1. The van der Waals surface area contributed by atoms with Crippen molar-refractivity contribution in [2.45, 2.75) is 6.92 Å². The number of nitro benzene ring substituents is 1. The van der Waals surface area contributed by atoms with Crippen LogP contribution in [0.5, 0.6) is 0 Å². The third-order valence-corrected chi connectivity index (χ3v) is 2.16. The second-order valence-corrected chi connectivity index (χ2v) is 3.03. The molecule has 0 radical (unpaired) electrons. The van der Waals surface area contributed by atoms with E-state index in [9.17, 15) is 10.1 Å². The zero-order valence-electron chi connectivity index (χ0n) is 7.60. The van der Waals surface area contributed by atoms with E-state index in [0.717, 1.165) is 5.39 Å². The van der Waals surface area contributed by atoms with Crippen LogP contribution in [0.15, 0.2) is 30.5 Å². The third-order valence-electron chi connectivity index (χ3n) is 2.16. The number of non-ortho nitro benzene ring substituents is 1. The maximum absolute atomic E-state index is 10.7. The van der Waals surface area contributed by atoms with Gasteiger partial charge in [0.05, 0.1) is 16.0 Å². The number of benzene rings is 1. The van der Waals surface area contributed by atoms with Crippen molar-refractivity contribution in [2.75, 3.05) is 0 Å². The Labute approximate surface area is 80.4 Å². The lowest BCUT2D eigenvalue weighted by Crippen LogP contribution is -1.92.